The number of alkyl halides is 4. The van der Waals surface area contributed by atoms with Crippen molar-refractivity contribution >= 4 is 65.2 Å². The van der Waals surface area contributed by atoms with Crippen molar-refractivity contribution in [1.29, 1.82) is 0 Å². The average molecular weight is 938 g/mol. The molecule has 0 aromatic heterocycles. The molecule has 3 aromatic rings. The number of carbonyl (C=O) groups is 2. The fourth-order valence-electron chi connectivity index (χ4n) is 7.01. The Balaban J connectivity index is 1.76. The van der Waals surface area contributed by atoms with Gasteiger partial charge >= 0.3 is 28.2 Å². The zero-order chi connectivity index (χ0) is 45.3. The number of hydrogen-bond acceptors (Lipinski definition) is 15. The number of benzene rings is 3. The number of fused-ring (bicyclic) bond motifs is 3. The predicted molar refractivity (Wildman–Crippen MR) is 211 cm³/mol. The molecule has 5 rings (SSSR count). The smallest absolute Gasteiger partial charge is 0.466 e. The molecule has 17 nitrogen and oxygen atoms in total. The molecule has 61 heavy (non-hydrogen) atoms. The van der Waals surface area contributed by atoms with Crippen LogP contribution in [0.4, 0.5) is 24.5 Å². The van der Waals surface area contributed by atoms with E-state index in [-0.39, 0.29) is 33.2 Å². The van der Waals surface area contributed by atoms with Crippen LogP contribution in [0.5, 0.6) is 5.75 Å². The summed E-state index contributed by atoms with van der Waals surface area (Å²) in [5.74, 6) is -5.36. The Bertz CT molecular complexity index is 2580. The number of sulfonamides is 1. The predicted octanol–water partition coefficient (Wildman–Crippen LogP) is 5.68. The molecule has 0 fully saturated rings. The van der Waals surface area contributed by atoms with Gasteiger partial charge in [0.05, 0.1) is 52.5 Å². The summed E-state index contributed by atoms with van der Waals surface area (Å²) in [6.45, 7) is 0.428. The van der Waals surface area contributed by atoms with Gasteiger partial charge in [-0.05, 0) is 68.9 Å². The van der Waals surface area contributed by atoms with Gasteiger partial charge in [-0.1, -0.05) is 30.7 Å². The number of esters is 2. The monoisotopic (exact) mass is 937 g/mol. The Kier molecular flexibility index (Phi) is 13.6. The number of allylic oxidation sites excluding steroid dienone is 1. The summed E-state index contributed by atoms with van der Waals surface area (Å²) in [4.78, 5) is 34.3. The molecule has 2 aliphatic rings. The molecule has 0 bridgehead atoms. The third kappa shape index (κ3) is 10.6. The summed E-state index contributed by atoms with van der Waals surface area (Å²) in [6.07, 6.45) is -7.15. The maximum absolute atomic E-state index is 14.5. The molecule has 0 saturated heterocycles. The molecule has 332 valence electrons. The van der Waals surface area contributed by atoms with Gasteiger partial charge in [0.1, 0.15) is 16.2 Å². The molecular formula is C37H39ClF3N3O14S3. The highest BCUT2D eigenvalue weighted by Gasteiger charge is 2.51. The molecule has 1 unspecified atom stereocenters. The van der Waals surface area contributed by atoms with E-state index < -0.39 is 126 Å². The normalized spacial score (nSPS) is 22.8. The summed E-state index contributed by atoms with van der Waals surface area (Å²) >= 11 is 7.45. The molecule has 0 spiro atoms. The lowest BCUT2D eigenvalue weighted by Crippen LogP contribution is -2.51. The van der Waals surface area contributed by atoms with Crippen molar-refractivity contribution in [3.8, 4) is 5.75 Å². The summed E-state index contributed by atoms with van der Waals surface area (Å²) in [5.41, 5.74) is -2.42. The molecule has 0 aliphatic carbocycles. The number of ether oxygens (including phenoxy) is 2. The van der Waals surface area contributed by atoms with Gasteiger partial charge in [0.2, 0.25) is 10.0 Å². The van der Waals surface area contributed by atoms with E-state index in [1.54, 1.807) is 6.92 Å². The number of nitro benzene ring substituents is 1. The second-order valence-electron chi connectivity index (χ2n) is 14.4. The Morgan fingerprint density at radius 3 is 2.18 bits per heavy atom. The van der Waals surface area contributed by atoms with Crippen LogP contribution in [0, 0.1) is 23.0 Å². The fourth-order valence-corrected chi connectivity index (χ4v) is 10.4. The van der Waals surface area contributed by atoms with Gasteiger partial charge in [-0.2, -0.15) is 34.3 Å². The van der Waals surface area contributed by atoms with Gasteiger partial charge in [-0.3, -0.25) is 14.3 Å². The first-order valence-corrected chi connectivity index (χ1v) is 23.1. The van der Waals surface area contributed by atoms with Crippen molar-refractivity contribution in [1.82, 2.24) is 4.31 Å². The Hall–Kier alpha value is -4.81. The molecule has 0 radical (unpaired) electrons. The highest BCUT2D eigenvalue weighted by atomic mass is 35.5. The number of nitrogens with zero attached hydrogens (tertiary/aromatic N) is 2. The number of aryl methyl sites for hydroxylation is 1. The quantitative estimate of drug-likeness (QED) is 0.0757. The standard InChI is InChI=1S/C37H39ClF3N3O14S3/c1-5-35(57-34(46)37(39,40)41)20-24(21-56-61(53,54)28-11-6-23(2)7-12-28)18-29(33(45)55-3)32-36(38,30-15-10-26(19-31(30)42-32)58-59(4,49)50)16-17-43(22-35)60(51,52)27-13-8-25(9-14-27)44(47)48/h6-15,19,24,42H,5,16-18,20-22H2,1-4H3/b32-29-/t24-,35+,36?/m1/s1. The number of nitro groups is 1. The van der Waals surface area contributed by atoms with Crippen LogP contribution >= 0.6 is 11.6 Å². The Morgan fingerprint density at radius 2 is 1.62 bits per heavy atom. The summed E-state index contributed by atoms with van der Waals surface area (Å²) in [6, 6.07) is 12.8. The third-order valence-corrected chi connectivity index (χ3v) is 14.2. The highest BCUT2D eigenvalue weighted by molar-refractivity contribution is 7.89. The van der Waals surface area contributed by atoms with Crippen molar-refractivity contribution < 1.29 is 70.8 Å². The zero-order valence-electron chi connectivity index (χ0n) is 32.7. The molecule has 0 saturated carbocycles. The summed E-state index contributed by atoms with van der Waals surface area (Å²) in [5, 5.41) is 14.4. The van der Waals surface area contributed by atoms with Gasteiger partial charge in [0.25, 0.3) is 15.8 Å². The van der Waals surface area contributed by atoms with E-state index in [0.29, 0.717) is 9.87 Å². The largest absolute Gasteiger partial charge is 0.490 e. The second-order valence-corrected chi connectivity index (χ2v) is 20.1. The lowest BCUT2D eigenvalue weighted by Gasteiger charge is -2.39. The van der Waals surface area contributed by atoms with Crippen molar-refractivity contribution in [2.45, 2.75) is 66.0 Å². The van der Waals surface area contributed by atoms with E-state index in [2.05, 4.69) is 5.32 Å². The summed E-state index contributed by atoms with van der Waals surface area (Å²) < 4.78 is 143. The number of anilines is 1. The first-order chi connectivity index (χ1) is 28.2. The van der Waals surface area contributed by atoms with Crippen molar-refractivity contribution in [3.63, 3.8) is 0 Å². The molecule has 3 aromatic carbocycles. The molecule has 0 amide bonds. The number of halogens is 4. The molecular weight excluding hydrogens is 899 g/mol. The maximum atomic E-state index is 14.5. The molecule has 2 aliphatic heterocycles. The van der Waals surface area contributed by atoms with Crippen LogP contribution < -0.4 is 9.50 Å². The lowest BCUT2D eigenvalue weighted by molar-refractivity contribution is -0.384. The first-order valence-electron chi connectivity index (χ1n) is 18.1. The van der Waals surface area contributed by atoms with Crippen LogP contribution in [-0.4, -0.2) is 91.3 Å². The first kappa shape index (κ1) is 47.2. The minimum atomic E-state index is -5.60. The van der Waals surface area contributed by atoms with Crippen LogP contribution in [0.3, 0.4) is 0 Å². The van der Waals surface area contributed by atoms with E-state index in [1.807, 2.05) is 0 Å². The molecule has 3 atom stereocenters. The van der Waals surface area contributed by atoms with Crippen LogP contribution in [0.15, 0.2) is 87.8 Å². The molecule has 24 heteroatoms. The number of rotatable bonds is 12. The minimum absolute atomic E-state index is 0.0890. The second kappa shape index (κ2) is 17.5. The van der Waals surface area contributed by atoms with E-state index >= 15 is 0 Å². The Morgan fingerprint density at radius 1 is 1.00 bits per heavy atom. The third-order valence-electron chi connectivity index (χ3n) is 10.0. The number of nitrogens with one attached hydrogen (secondary N) is 1. The SMILES string of the molecule is CC[C@]1(OC(=O)C(F)(F)F)C[C@H](COS(=O)(=O)c2ccc(C)cc2)C/C(C(=O)OC)=C2/Nc3cc(OS(C)(=O)=O)ccc3C2(Cl)CCN(S(=O)(=O)c2ccc([N+](=O)[O-])cc2)C1. The number of hydrogen-bond donors (Lipinski definition) is 1. The fraction of sp³-hybridized carbons (Fsp3) is 0.405. The minimum Gasteiger partial charge on any atom is -0.466 e. The van der Waals surface area contributed by atoms with Gasteiger partial charge in [0, 0.05) is 36.0 Å². The Labute approximate surface area is 354 Å². The molecule has 1 N–H and O–H groups in total. The number of methoxy groups -OCH3 is 1. The number of non-ortho nitro benzene ring substituents is 1. The highest BCUT2D eigenvalue weighted by Crippen LogP contribution is 2.53. The van der Waals surface area contributed by atoms with Crippen molar-refractivity contribution in [2.24, 2.45) is 5.92 Å². The average Bonchev–Trinajstić information content (AvgIpc) is 3.45. The van der Waals surface area contributed by atoms with Crippen LogP contribution in [0.1, 0.15) is 43.7 Å². The molecule has 2 heterocycles. The van der Waals surface area contributed by atoms with Crippen LogP contribution in [-0.2, 0) is 58.4 Å². The number of carbonyl (C=O) groups excluding carboxylic acids is 2. The van der Waals surface area contributed by atoms with Gasteiger partial charge in [-0.15, -0.1) is 11.6 Å². The van der Waals surface area contributed by atoms with Gasteiger partial charge in [-0.25, -0.2) is 18.0 Å². The van der Waals surface area contributed by atoms with E-state index in [0.717, 1.165) is 37.6 Å². The van der Waals surface area contributed by atoms with Crippen LogP contribution in [0.25, 0.3) is 0 Å². The van der Waals surface area contributed by atoms with Gasteiger partial charge in [0.15, 0.2) is 0 Å². The van der Waals surface area contributed by atoms with Crippen molar-refractivity contribution in [2.75, 3.05) is 38.4 Å². The van der Waals surface area contributed by atoms with E-state index in [4.69, 9.17) is 29.4 Å². The topological polar surface area (TPSA) is 232 Å². The van der Waals surface area contributed by atoms with Gasteiger partial charge < -0.3 is 19.0 Å². The van der Waals surface area contributed by atoms with E-state index in [9.17, 15) is 58.1 Å². The summed E-state index contributed by atoms with van der Waals surface area (Å²) in [7, 11) is -12.5. The van der Waals surface area contributed by atoms with Crippen molar-refractivity contribution in [3.05, 3.63) is 99.2 Å². The zero-order valence-corrected chi connectivity index (χ0v) is 35.9. The maximum Gasteiger partial charge on any atom is 0.490 e. The van der Waals surface area contributed by atoms with E-state index in [1.165, 1.54) is 49.4 Å². The lowest BCUT2D eigenvalue weighted by atomic mass is 9.83. The van der Waals surface area contributed by atoms with Crippen LogP contribution in [0.2, 0.25) is 0 Å².